The van der Waals surface area contributed by atoms with Crippen LogP contribution in [0.25, 0.3) is 0 Å². The van der Waals surface area contributed by atoms with Crippen LogP contribution in [0.1, 0.15) is 41.5 Å². The Hall–Kier alpha value is -2.69. The molecule has 28 heavy (non-hydrogen) atoms. The topological polar surface area (TPSA) is 141 Å². The van der Waals surface area contributed by atoms with Gasteiger partial charge in [-0.3, -0.25) is 24.0 Å². The van der Waals surface area contributed by atoms with Crippen LogP contribution in [-0.2, 0) is 52.4 Å². The summed E-state index contributed by atoms with van der Waals surface area (Å²) in [6.07, 6.45) is -5.40. The van der Waals surface area contributed by atoms with Crippen molar-refractivity contribution in [2.24, 2.45) is 0 Å². The van der Waals surface area contributed by atoms with Crippen molar-refractivity contribution >= 4 is 29.8 Å². The first-order valence-electron chi connectivity index (χ1n) is 8.37. The Balaban J connectivity index is 5.66. The number of carbonyl (C=O) groups excluding carboxylic acids is 5. The summed E-state index contributed by atoms with van der Waals surface area (Å²) in [5, 5.41) is 0. The van der Waals surface area contributed by atoms with Gasteiger partial charge in [0, 0.05) is 34.6 Å². The maximum absolute atomic E-state index is 11.6. The molecular formula is C17H26O11. The van der Waals surface area contributed by atoms with E-state index >= 15 is 0 Å². The fourth-order valence-electron chi connectivity index (χ4n) is 2.13. The van der Waals surface area contributed by atoms with Crippen molar-refractivity contribution in [2.45, 2.75) is 66.1 Å². The molecule has 0 aromatic heterocycles. The minimum atomic E-state index is -1.53. The van der Waals surface area contributed by atoms with E-state index in [4.69, 9.17) is 28.4 Å². The molecule has 0 spiro atoms. The van der Waals surface area contributed by atoms with Gasteiger partial charge in [0.05, 0.1) is 6.61 Å². The largest absolute Gasteiger partial charge is 0.463 e. The maximum atomic E-state index is 11.6. The van der Waals surface area contributed by atoms with E-state index in [1.807, 2.05) is 0 Å². The molecule has 0 aromatic rings. The molecule has 0 unspecified atom stereocenters. The Bertz CT molecular complexity index is 571. The van der Waals surface area contributed by atoms with E-state index in [9.17, 15) is 24.0 Å². The molecule has 0 aliphatic rings. The molecule has 0 bridgehead atoms. The lowest BCUT2D eigenvalue weighted by Crippen LogP contribution is -2.51. The van der Waals surface area contributed by atoms with Gasteiger partial charge < -0.3 is 28.4 Å². The maximum Gasteiger partial charge on any atom is 0.305 e. The number of carbonyl (C=O) groups is 5. The molecule has 0 amide bonds. The predicted molar refractivity (Wildman–Crippen MR) is 90.5 cm³/mol. The molecule has 0 saturated heterocycles. The highest BCUT2D eigenvalue weighted by atomic mass is 16.7. The minimum Gasteiger partial charge on any atom is -0.463 e. The van der Waals surface area contributed by atoms with E-state index < -0.39 is 54.4 Å². The Morgan fingerprint density at radius 3 is 1.50 bits per heavy atom. The van der Waals surface area contributed by atoms with E-state index in [0.717, 1.165) is 27.7 Å². The standard InChI is InChI=1S/C17H26O11/c1-9(25-11(3)19)15(26-12(4)20)16(27-13(5)21)17(28-14(6)22)24-8-7-23-10(2)18/h9,15-17H,7-8H2,1-6H3/t9-,15-,16+,17+/m1/s1. The summed E-state index contributed by atoms with van der Waals surface area (Å²) in [6, 6.07) is 0. The number of rotatable bonds is 11. The highest BCUT2D eigenvalue weighted by molar-refractivity contribution is 5.69. The first-order valence-corrected chi connectivity index (χ1v) is 8.37. The van der Waals surface area contributed by atoms with Crippen LogP contribution in [0.3, 0.4) is 0 Å². The lowest BCUT2D eigenvalue weighted by atomic mass is 10.1. The van der Waals surface area contributed by atoms with E-state index in [1.54, 1.807) is 0 Å². The molecule has 0 aliphatic carbocycles. The highest BCUT2D eigenvalue weighted by Crippen LogP contribution is 2.20. The van der Waals surface area contributed by atoms with Gasteiger partial charge in [-0.15, -0.1) is 0 Å². The molecule has 0 aromatic carbocycles. The van der Waals surface area contributed by atoms with Crippen molar-refractivity contribution in [3.63, 3.8) is 0 Å². The number of esters is 5. The highest BCUT2D eigenvalue weighted by Gasteiger charge is 2.42. The van der Waals surface area contributed by atoms with Crippen LogP contribution in [-0.4, -0.2) is 67.7 Å². The number of ether oxygens (including phenoxy) is 6. The van der Waals surface area contributed by atoms with Crippen LogP contribution in [0.4, 0.5) is 0 Å². The average Bonchev–Trinajstić information content (AvgIpc) is 2.51. The molecule has 0 rings (SSSR count). The first kappa shape index (κ1) is 25.3. The van der Waals surface area contributed by atoms with Crippen LogP contribution < -0.4 is 0 Å². The van der Waals surface area contributed by atoms with Crippen LogP contribution in [0.5, 0.6) is 0 Å². The fourth-order valence-corrected chi connectivity index (χ4v) is 2.13. The zero-order chi connectivity index (χ0) is 21.9. The Kier molecular flexibility index (Phi) is 11.4. The summed E-state index contributed by atoms with van der Waals surface area (Å²) in [6.45, 7) is 6.61. The number of hydrogen-bond donors (Lipinski definition) is 0. The van der Waals surface area contributed by atoms with Gasteiger partial charge in [-0.2, -0.15) is 0 Å². The van der Waals surface area contributed by atoms with Gasteiger partial charge in [-0.25, -0.2) is 0 Å². The second-order valence-corrected chi connectivity index (χ2v) is 5.65. The Morgan fingerprint density at radius 1 is 0.607 bits per heavy atom. The van der Waals surface area contributed by atoms with E-state index in [1.165, 1.54) is 13.8 Å². The molecule has 0 heterocycles. The summed E-state index contributed by atoms with van der Waals surface area (Å²) in [5.74, 6) is -3.56. The quantitative estimate of drug-likeness (QED) is 0.202. The summed E-state index contributed by atoms with van der Waals surface area (Å²) in [5.41, 5.74) is 0. The minimum absolute atomic E-state index is 0.169. The molecule has 0 saturated carbocycles. The van der Waals surface area contributed by atoms with E-state index in [2.05, 4.69) is 0 Å². The normalized spacial score (nSPS) is 14.6. The molecule has 0 radical (unpaired) electrons. The van der Waals surface area contributed by atoms with E-state index in [0.29, 0.717) is 0 Å². The van der Waals surface area contributed by atoms with Crippen molar-refractivity contribution < 1.29 is 52.4 Å². The van der Waals surface area contributed by atoms with Crippen LogP contribution in [0.15, 0.2) is 0 Å². The lowest BCUT2D eigenvalue weighted by molar-refractivity contribution is -0.239. The third-order valence-corrected chi connectivity index (χ3v) is 2.96. The zero-order valence-electron chi connectivity index (χ0n) is 16.7. The molecular weight excluding hydrogens is 380 g/mol. The third kappa shape index (κ3) is 11.1. The molecule has 11 nitrogen and oxygen atoms in total. The summed E-state index contributed by atoms with van der Waals surface area (Å²) >= 11 is 0. The monoisotopic (exact) mass is 406 g/mol. The smallest absolute Gasteiger partial charge is 0.305 e. The molecule has 4 atom stereocenters. The second-order valence-electron chi connectivity index (χ2n) is 5.65. The number of hydrogen-bond acceptors (Lipinski definition) is 11. The molecule has 0 N–H and O–H groups in total. The Morgan fingerprint density at radius 2 is 1.07 bits per heavy atom. The van der Waals surface area contributed by atoms with Crippen molar-refractivity contribution in [1.29, 1.82) is 0 Å². The molecule has 0 fully saturated rings. The van der Waals surface area contributed by atoms with Gasteiger partial charge in [0.15, 0.2) is 6.10 Å². The summed E-state index contributed by atoms with van der Waals surface area (Å²) in [7, 11) is 0. The van der Waals surface area contributed by atoms with Crippen molar-refractivity contribution in [3.8, 4) is 0 Å². The average molecular weight is 406 g/mol. The van der Waals surface area contributed by atoms with Crippen molar-refractivity contribution in [2.75, 3.05) is 13.2 Å². The summed E-state index contributed by atoms with van der Waals surface area (Å²) < 4.78 is 30.4. The van der Waals surface area contributed by atoms with E-state index in [-0.39, 0.29) is 13.2 Å². The van der Waals surface area contributed by atoms with Crippen molar-refractivity contribution in [1.82, 2.24) is 0 Å². The Labute approximate surface area is 162 Å². The summed E-state index contributed by atoms with van der Waals surface area (Å²) in [4.78, 5) is 56.6. The van der Waals surface area contributed by atoms with Crippen LogP contribution in [0.2, 0.25) is 0 Å². The van der Waals surface area contributed by atoms with Crippen LogP contribution in [0, 0.1) is 0 Å². The fraction of sp³-hybridized carbons (Fsp3) is 0.706. The van der Waals surface area contributed by atoms with Gasteiger partial charge in [0.2, 0.25) is 12.4 Å². The third-order valence-electron chi connectivity index (χ3n) is 2.96. The zero-order valence-corrected chi connectivity index (χ0v) is 16.7. The molecule has 0 aliphatic heterocycles. The van der Waals surface area contributed by atoms with Gasteiger partial charge >= 0.3 is 29.8 Å². The van der Waals surface area contributed by atoms with Gasteiger partial charge in [0.1, 0.15) is 12.7 Å². The van der Waals surface area contributed by atoms with Gasteiger partial charge in [0.25, 0.3) is 0 Å². The van der Waals surface area contributed by atoms with Crippen LogP contribution >= 0.6 is 0 Å². The lowest BCUT2D eigenvalue weighted by Gasteiger charge is -2.34. The van der Waals surface area contributed by atoms with Gasteiger partial charge in [-0.05, 0) is 6.92 Å². The SMILES string of the molecule is CC(=O)OCCO[C@@H](OC(C)=O)[C@@H](OC(C)=O)[C@H](OC(C)=O)[C@@H](C)OC(C)=O. The first-order chi connectivity index (χ1) is 12.9. The molecule has 160 valence electrons. The molecule has 11 heteroatoms. The predicted octanol–water partition coefficient (Wildman–Crippen LogP) is 0.270. The second kappa shape index (κ2) is 12.7. The van der Waals surface area contributed by atoms with Crippen molar-refractivity contribution in [3.05, 3.63) is 0 Å². The van der Waals surface area contributed by atoms with Gasteiger partial charge in [-0.1, -0.05) is 0 Å².